The lowest BCUT2D eigenvalue weighted by Gasteiger charge is -2.43. The fourth-order valence-electron chi connectivity index (χ4n) is 3.02. The van der Waals surface area contributed by atoms with Crippen molar-refractivity contribution in [3.05, 3.63) is 29.8 Å². The van der Waals surface area contributed by atoms with Crippen LogP contribution in [0.1, 0.15) is 37.8 Å². The van der Waals surface area contributed by atoms with Crippen molar-refractivity contribution in [3.8, 4) is 5.75 Å². The summed E-state index contributed by atoms with van der Waals surface area (Å²) in [6.07, 6.45) is 2.93. The minimum atomic E-state index is -0.192. The Bertz CT molecular complexity index is 413. The fraction of sp³-hybridized carbons (Fsp3) is 0.647. The molecule has 2 rings (SSSR count). The molecule has 1 aromatic rings. The SMILES string of the molecule is CCCNC(c1ccc(OC)cc1)C1(OC)CCOCC1. The molecule has 118 valence electrons. The summed E-state index contributed by atoms with van der Waals surface area (Å²) in [4.78, 5) is 0. The van der Waals surface area contributed by atoms with Crippen LogP contribution < -0.4 is 10.1 Å². The Morgan fingerprint density at radius 2 is 1.86 bits per heavy atom. The van der Waals surface area contributed by atoms with E-state index in [-0.39, 0.29) is 11.6 Å². The molecule has 1 heterocycles. The van der Waals surface area contributed by atoms with Gasteiger partial charge in [0.2, 0.25) is 0 Å². The van der Waals surface area contributed by atoms with E-state index >= 15 is 0 Å². The fourth-order valence-corrected chi connectivity index (χ4v) is 3.02. The highest BCUT2D eigenvalue weighted by Crippen LogP contribution is 2.37. The molecule has 0 saturated carbocycles. The van der Waals surface area contributed by atoms with Gasteiger partial charge in [-0.2, -0.15) is 0 Å². The van der Waals surface area contributed by atoms with Crippen LogP contribution >= 0.6 is 0 Å². The van der Waals surface area contributed by atoms with Crippen LogP contribution in [0.2, 0.25) is 0 Å². The average Bonchev–Trinajstić information content (AvgIpc) is 2.56. The smallest absolute Gasteiger partial charge is 0.118 e. The van der Waals surface area contributed by atoms with E-state index in [1.165, 1.54) is 5.56 Å². The number of methoxy groups -OCH3 is 2. The predicted octanol–water partition coefficient (Wildman–Crippen LogP) is 2.93. The van der Waals surface area contributed by atoms with E-state index in [1.54, 1.807) is 7.11 Å². The minimum Gasteiger partial charge on any atom is -0.497 e. The van der Waals surface area contributed by atoms with Gasteiger partial charge in [0, 0.05) is 33.2 Å². The normalized spacial score (nSPS) is 19.2. The molecule has 1 N–H and O–H groups in total. The highest BCUT2D eigenvalue weighted by atomic mass is 16.5. The number of hydrogen-bond donors (Lipinski definition) is 1. The van der Waals surface area contributed by atoms with Gasteiger partial charge in [-0.3, -0.25) is 0 Å². The number of hydrogen-bond acceptors (Lipinski definition) is 4. The van der Waals surface area contributed by atoms with Gasteiger partial charge >= 0.3 is 0 Å². The van der Waals surface area contributed by atoms with E-state index in [0.29, 0.717) is 0 Å². The second-order valence-corrected chi connectivity index (χ2v) is 5.54. The number of nitrogens with one attached hydrogen (secondary N) is 1. The molecule has 1 unspecified atom stereocenters. The van der Waals surface area contributed by atoms with Gasteiger partial charge in [-0.05, 0) is 30.7 Å². The van der Waals surface area contributed by atoms with E-state index in [1.807, 2.05) is 19.2 Å². The summed E-state index contributed by atoms with van der Waals surface area (Å²) in [6.45, 7) is 4.67. The molecule has 1 aliphatic heterocycles. The lowest BCUT2D eigenvalue weighted by molar-refractivity contribution is -0.111. The number of ether oxygens (including phenoxy) is 3. The van der Waals surface area contributed by atoms with E-state index in [0.717, 1.165) is 44.8 Å². The second kappa shape index (κ2) is 7.78. The molecule has 4 heteroatoms. The molecule has 1 aliphatic rings. The monoisotopic (exact) mass is 293 g/mol. The van der Waals surface area contributed by atoms with Crippen molar-refractivity contribution < 1.29 is 14.2 Å². The highest BCUT2D eigenvalue weighted by Gasteiger charge is 2.41. The lowest BCUT2D eigenvalue weighted by atomic mass is 9.82. The van der Waals surface area contributed by atoms with Crippen LogP contribution in [0.15, 0.2) is 24.3 Å². The zero-order valence-corrected chi connectivity index (χ0v) is 13.4. The molecule has 1 fully saturated rings. The van der Waals surface area contributed by atoms with Crippen LogP contribution in [0.3, 0.4) is 0 Å². The van der Waals surface area contributed by atoms with Gasteiger partial charge in [-0.15, -0.1) is 0 Å². The zero-order valence-electron chi connectivity index (χ0n) is 13.4. The molecule has 0 bridgehead atoms. The summed E-state index contributed by atoms with van der Waals surface area (Å²) in [5.74, 6) is 0.881. The molecule has 21 heavy (non-hydrogen) atoms. The first-order valence-corrected chi connectivity index (χ1v) is 7.76. The topological polar surface area (TPSA) is 39.7 Å². The van der Waals surface area contributed by atoms with E-state index in [2.05, 4.69) is 24.4 Å². The molecular formula is C17H27NO3. The first-order valence-electron chi connectivity index (χ1n) is 7.76. The molecule has 1 atom stereocenters. The van der Waals surface area contributed by atoms with Gasteiger partial charge in [0.25, 0.3) is 0 Å². The van der Waals surface area contributed by atoms with Gasteiger partial charge in [-0.1, -0.05) is 19.1 Å². The van der Waals surface area contributed by atoms with Gasteiger partial charge < -0.3 is 19.5 Å². The molecule has 0 aromatic heterocycles. The third-order valence-electron chi connectivity index (χ3n) is 4.32. The van der Waals surface area contributed by atoms with E-state index in [4.69, 9.17) is 14.2 Å². The van der Waals surface area contributed by atoms with Gasteiger partial charge in [0.05, 0.1) is 18.8 Å². The lowest BCUT2D eigenvalue weighted by Crippen LogP contribution is -2.49. The number of rotatable bonds is 7. The quantitative estimate of drug-likeness (QED) is 0.839. The van der Waals surface area contributed by atoms with Crippen LogP contribution in [-0.4, -0.2) is 39.6 Å². The van der Waals surface area contributed by atoms with Crippen LogP contribution in [0.5, 0.6) is 5.75 Å². The van der Waals surface area contributed by atoms with Gasteiger partial charge in [0.1, 0.15) is 5.75 Å². The maximum Gasteiger partial charge on any atom is 0.118 e. The summed E-state index contributed by atoms with van der Waals surface area (Å²) in [5, 5.41) is 3.66. The van der Waals surface area contributed by atoms with Crippen LogP contribution in [0, 0.1) is 0 Å². The van der Waals surface area contributed by atoms with Crippen LogP contribution in [0.25, 0.3) is 0 Å². The van der Waals surface area contributed by atoms with Crippen molar-refractivity contribution in [3.63, 3.8) is 0 Å². The Balaban J connectivity index is 2.26. The van der Waals surface area contributed by atoms with Crippen LogP contribution in [0.4, 0.5) is 0 Å². The zero-order chi connectivity index (χ0) is 15.1. The molecule has 0 amide bonds. The van der Waals surface area contributed by atoms with Gasteiger partial charge in [-0.25, -0.2) is 0 Å². The van der Waals surface area contributed by atoms with Crippen molar-refractivity contribution in [2.75, 3.05) is 34.0 Å². The van der Waals surface area contributed by atoms with E-state index < -0.39 is 0 Å². The Hall–Kier alpha value is -1.10. The van der Waals surface area contributed by atoms with Crippen molar-refractivity contribution in [2.45, 2.75) is 37.8 Å². The largest absolute Gasteiger partial charge is 0.497 e. The molecule has 0 spiro atoms. The first kappa shape index (κ1) is 16.3. The van der Waals surface area contributed by atoms with Crippen LogP contribution in [-0.2, 0) is 9.47 Å². The van der Waals surface area contributed by atoms with Crippen molar-refractivity contribution in [1.29, 1.82) is 0 Å². The Kier molecular flexibility index (Phi) is 6.03. The summed E-state index contributed by atoms with van der Waals surface area (Å²) in [5.41, 5.74) is 1.05. The molecule has 4 nitrogen and oxygen atoms in total. The maximum absolute atomic E-state index is 5.98. The first-order chi connectivity index (χ1) is 10.3. The second-order valence-electron chi connectivity index (χ2n) is 5.54. The molecule has 0 radical (unpaired) electrons. The Morgan fingerprint density at radius 1 is 1.19 bits per heavy atom. The molecule has 1 saturated heterocycles. The summed E-state index contributed by atoms with van der Waals surface area (Å²) in [7, 11) is 3.51. The predicted molar refractivity (Wildman–Crippen MR) is 83.8 cm³/mol. The summed E-state index contributed by atoms with van der Waals surface area (Å²) < 4.78 is 16.8. The van der Waals surface area contributed by atoms with Crippen molar-refractivity contribution in [2.24, 2.45) is 0 Å². The molecular weight excluding hydrogens is 266 g/mol. The van der Waals surface area contributed by atoms with E-state index in [9.17, 15) is 0 Å². The molecule has 0 aliphatic carbocycles. The summed E-state index contributed by atoms with van der Waals surface area (Å²) in [6, 6.07) is 8.46. The third kappa shape index (κ3) is 3.76. The van der Waals surface area contributed by atoms with Gasteiger partial charge in [0.15, 0.2) is 0 Å². The molecule has 1 aromatic carbocycles. The number of benzene rings is 1. The Labute approximate surface area is 127 Å². The Morgan fingerprint density at radius 3 is 2.38 bits per heavy atom. The highest BCUT2D eigenvalue weighted by molar-refractivity contribution is 5.31. The van der Waals surface area contributed by atoms with Crippen molar-refractivity contribution in [1.82, 2.24) is 5.32 Å². The van der Waals surface area contributed by atoms with Crippen molar-refractivity contribution >= 4 is 0 Å². The standard InChI is InChI=1S/C17H27NO3/c1-4-11-18-16(14-5-7-15(19-2)8-6-14)17(20-3)9-12-21-13-10-17/h5-8,16,18H,4,9-13H2,1-3H3. The maximum atomic E-state index is 5.98. The summed E-state index contributed by atoms with van der Waals surface area (Å²) >= 11 is 0. The third-order valence-corrected chi connectivity index (χ3v) is 4.32. The minimum absolute atomic E-state index is 0.178. The average molecular weight is 293 g/mol.